The summed E-state index contributed by atoms with van der Waals surface area (Å²) in [6, 6.07) is 24.9. The van der Waals surface area contributed by atoms with E-state index in [1.807, 2.05) is 42.5 Å². The van der Waals surface area contributed by atoms with Gasteiger partial charge in [0.05, 0.1) is 0 Å². The highest BCUT2D eigenvalue weighted by atomic mass is 16.5. The molecule has 1 N–H and O–H groups in total. The van der Waals surface area contributed by atoms with E-state index < -0.39 is 0 Å². The van der Waals surface area contributed by atoms with Gasteiger partial charge >= 0.3 is 0 Å². The van der Waals surface area contributed by atoms with Gasteiger partial charge in [-0.25, -0.2) is 0 Å². The zero-order valence-electron chi connectivity index (χ0n) is 13.4. The lowest BCUT2D eigenvalue weighted by Gasteiger charge is -2.01. The summed E-state index contributed by atoms with van der Waals surface area (Å²) in [5.74, 6) is 0.00604. The highest BCUT2D eigenvalue weighted by Gasteiger charge is 2.09. The highest BCUT2D eigenvalue weighted by molar-refractivity contribution is 5.94. The number of carbonyl (C=O) groups is 1. The molecule has 0 spiro atoms. The first-order chi connectivity index (χ1) is 11.6. The minimum absolute atomic E-state index is 0.00604. The second-order valence-corrected chi connectivity index (χ2v) is 5.56. The van der Waals surface area contributed by atoms with Gasteiger partial charge in [0.15, 0.2) is 5.78 Å². The van der Waals surface area contributed by atoms with Crippen molar-refractivity contribution in [2.45, 2.75) is 6.92 Å². The molecule has 0 saturated carbocycles. The topological polar surface area (TPSA) is 40.3 Å². The van der Waals surface area contributed by atoms with Crippen LogP contribution in [0.15, 0.2) is 78.9 Å². The molecule has 0 saturated heterocycles. The van der Waals surface area contributed by atoms with Crippen LogP contribution in [0.1, 0.15) is 22.8 Å². The van der Waals surface area contributed by atoms with E-state index in [0.29, 0.717) is 11.3 Å². The number of Topliss-reactive ketones (excluding diaryl/α,β-unsaturated/α-hetero) is 1. The Morgan fingerprint density at radius 3 is 2.00 bits per heavy atom. The zero-order valence-corrected chi connectivity index (χ0v) is 13.4. The first-order valence-electron chi connectivity index (χ1n) is 7.73. The van der Waals surface area contributed by atoms with Gasteiger partial charge < -0.3 is 0 Å². The molecule has 0 unspecified atom stereocenters. The summed E-state index contributed by atoms with van der Waals surface area (Å²) in [6.07, 6.45) is 1.64. The number of hydrogen-bond acceptors (Lipinski definition) is 2. The van der Waals surface area contributed by atoms with E-state index in [1.165, 1.54) is 6.92 Å². The number of rotatable bonds is 4. The maximum absolute atomic E-state index is 11.3. The first kappa shape index (κ1) is 15.7. The Kier molecular flexibility index (Phi) is 4.52. The van der Waals surface area contributed by atoms with Gasteiger partial charge in [0.1, 0.15) is 0 Å². The van der Waals surface area contributed by atoms with Crippen LogP contribution >= 0.6 is 0 Å². The van der Waals surface area contributed by atoms with Crippen molar-refractivity contribution in [2.24, 2.45) is 0 Å². The lowest BCUT2D eigenvalue weighted by Crippen LogP contribution is -2.02. The minimum atomic E-state index is 0.00604. The van der Waals surface area contributed by atoms with Crippen molar-refractivity contribution < 1.29 is 14.7 Å². The predicted octanol–water partition coefficient (Wildman–Crippen LogP) is 4.71. The summed E-state index contributed by atoms with van der Waals surface area (Å²) in [6.45, 7) is 1.52. The fourth-order valence-corrected chi connectivity index (χ4v) is 2.46. The molecule has 0 amide bonds. The van der Waals surface area contributed by atoms with E-state index in [0.717, 1.165) is 21.4 Å². The van der Waals surface area contributed by atoms with Crippen LogP contribution in [0.4, 0.5) is 5.69 Å². The summed E-state index contributed by atoms with van der Waals surface area (Å²) in [5.41, 5.74) is 4.40. The summed E-state index contributed by atoms with van der Waals surface area (Å²) in [5, 5.41) is 10.2. The Labute approximate surface area is 141 Å². The molecule has 3 aromatic rings. The number of nitrogens with zero attached hydrogens (tertiary/aromatic N) is 1. The highest BCUT2D eigenvalue weighted by Crippen LogP contribution is 2.19. The van der Waals surface area contributed by atoms with Crippen LogP contribution in [-0.4, -0.2) is 21.9 Å². The molecule has 0 aliphatic carbocycles. The van der Waals surface area contributed by atoms with E-state index in [-0.39, 0.29) is 5.78 Å². The van der Waals surface area contributed by atoms with Gasteiger partial charge in [0.2, 0.25) is 6.21 Å². The first-order valence-corrected chi connectivity index (χ1v) is 7.73. The second kappa shape index (κ2) is 6.92. The third-order valence-electron chi connectivity index (χ3n) is 3.83. The number of carbonyl (C=O) groups excluding carboxylic acids is 1. The summed E-state index contributed by atoms with van der Waals surface area (Å²) >= 11 is 0. The van der Waals surface area contributed by atoms with Crippen molar-refractivity contribution in [2.75, 3.05) is 0 Å². The van der Waals surface area contributed by atoms with E-state index in [2.05, 4.69) is 12.1 Å². The lowest BCUT2D eigenvalue weighted by atomic mass is 10.0. The van der Waals surface area contributed by atoms with Crippen molar-refractivity contribution in [1.29, 1.82) is 0 Å². The molecule has 3 nitrogen and oxygen atoms in total. The van der Waals surface area contributed by atoms with Crippen molar-refractivity contribution in [3.8, 4) is 11.1 Å². The van der Waals surface area contributed by atoms with Crippen LogP contribution in [0.25, 0.3) is 11.1 Å². The summed E-state index contributed by atoms with van der Waals surface area (Å²) < 4.78 is 1.06. The number of benzene rings is 3. The Morgan fingerprint density at radius 2 is 1.42 bits per heavy atom. The van der Waals surface area contributed by atoms with Gasteiger partial charge in [-0.15, -0.1) is 0 Å². The van der Waals surface area contributed by atoms with Crippen LogP contribution in [0.3, 0.4) is 0 Å². The van der Waals surface area contributed by atoms with Crippen LogP contribution in [0, 0.1) is 0 Å². The van der Waals surface area contributed by atoms with Crippen LogP contribution < -0.4 is 0 Å². The Balaban J connectivity index is 1.81. The van der Waals surface area contributed by atoms with Gasteiger partial charge in [0.25, 0.3) is 5.69 Å². The summed E-state index contributed by atoms with van der Waals surface area (Å²) in [4.78, 5) is 11.3. The Morgan fingerprint density at radius 1 is 0.833 bits per heavy atom. The van der Waals surface area contributed by atoms with Crippen molar-refractivity contribution in [3.05, 3.63) is 90.0 Å². The van der Waals surface area contributed by atoms with E-state index >= 15 is 0 Å². The molecule has 0 bridgehead atoms. The fourth-order valence-electron chi connectivity index (χ4n) is 2.46. The van der Waals surface area contributed by atoms with Crippen LogP contribution in [0.2, 0.25) is 0 Å². The molecule has 3 rings (SSSR count). The zero-order chi connectivity index (χ0) is 16.9. The molecule has 3 aromatic carbocycles. The maximum atomic E-state index is 11.3. The fraction of sp³-hybridized carbons (Fsp3) is 0.0476. The van der Waals surface area contributed by atoms with Crippen LogP contribution in [-0.2, 0) is 0 Å². The largest absolute Gasteiger partial charge is 0.295 e. The maximum Gasteiger partial charge on any atom is 0.257 e. The minimum Gasteiger partial charge on any atom is -0.295 e. The molecular weight excluding hydrogens is 298 g/mol. The molecular formula is C21H18NO2+. The van der Waals surface area contributed by atoms with E-state index in [9.17, 15) is 10.0 Å². The van der Waals surface area contributed by atoms with Crippen molar-refractivity contribution >= 4 is 17.7 Å². The average molecular weight is 316 g/mol. The molecule has 24 heavy (non-hydrogen) atoms. The Hall–Kier alpha value is -3.20. The number of hydrogen-bond donors (Lipinski definition) is 1. The van der Waals surface area contributed by atoms with Crippen LogP contribution in [0.5, 0.6) is 0 Å². The Bertz CT molecular complexity index is 864. The van der Waals surface area contributed by atoms with Gasteiger partial charge in [-0.2, -0.15) is 0 Å². The molecule has 0 aromatic heterocycles. The van der Waals surface area contributed by atoms with E-state index in [4.69, 9.17) is 0 Å². The molecule has 0 radical (unpaired) electrons. The predicted molar refractivity (Wildman–Crippen MR) is 95.2 cm³/mol. The van der Waals surface area contributed by atoms with Crippen molar-refractivity contribution in [1.82, 2.24) is 0 Å². The quantitative estimate of drug-likeness (QED) is 0.249. The molecule has 118 valence electrons. The molecule has 0 atom stereocenters. The SMILES string of the molecule is CC(=O)c1ccc([N+](O)=Cc2ccc(-c3ccccc3)cc2)cc1. The number of ketones is 1. The normalized spacial score (nSPS) is 11.3. The van der Waals surface area contributed by atoms with Gasteiger partial charge in [-0.1, -0.05) is 42.5 Å². The molecule has 0 aliphatic heterocycles. The molecule has 0 heterocycles. The smallest absolute Gasteiger partial charge is 0.257 e. The standard InChI is InChI=1S/C21H18NO2/c1-16(23)18-11-13-21(14-12-18)22(24)15-17-7-9-20(10-8-17)19-5-3-2-4-6-19/h2-15,24H,1H3/q+1. The molecule has 3 heteroatoms. The average Bonchev–Trinajstić information content (AvgIpc) is 2.63. The lowest BCUT2D eigenvalue weighted by molar-refractivity contribution is -0.709. The monoisotopic (exact) mass is 316 g/mol. The second-order valence-electron chi connectivity index (χ2n) is 5.56. The molecule has 0 aliphatic rings. The van der Waals surface area contributed by atoms with Gasteiger partial charge in [0, 0.05) is 28.0 Å². The molecule has 0 fully saturated rings. The summed E-state index contributed by atoms with van der Waals surface area (Å²) in [7, 11) is 0. The third kappa shape index (κ3) is 3.58. The van der Waals surface area contributed by atoms with Crippen molar-refractivity contribution in [3.63, 3.8) is 0 Å². The van der Waals surface area contributed by atoms with Gasteiger partial charge in [-0.05, 0) is 42.3 Å². The van der Waals surface area contributed by atoms with E-state index in [1.54, 1.807) is 30.5 Å². The third-order valence-corrected chi connectivity index (χ3v) is 3.83. The van der Waals surface area contributed by atoms with Gasteiger partial charge in [-0.3, -0.25) is 10.0 Å².